The molecule has 170 valence electrons. The number of aryl methyl sites for hydroxylation is 1. The zero-order valence-corrected chi connectivity index (χ0v) is 18.2. The zero-order chi connectivity index (χ0) is 22.3. The van der Waals surface area contributed by atoms with Crippen molar-refractivity contribution in [1.82, 2.24) is 19.5 Å². The molecule has 0 bridgehead atoms. The normalized spacial score (nSPS) is 25.1. The summed E-state index contributed by atoms with van der Waals surface area (Å²) in [5.41, 5.74) is 4.53. The van der Waals surface area contributed by atoms with Crippen molar-refractivity contribution in [3.63, 3.8) is 0 Å². The van der Waals surface area contributed by atoms with Crippen LogP contribution in [0.3, 0.4) is 0 Å². The average Bonchev–Trinajstić information content (AvgIpc) is 3.16. The number of halogens is 3. The fourth-order valence-corrected chi connectivity index (χ4v) is 5.14. The van der Waals surface area contributed by atoms with E-state index in [1.54, 1.807) is 4.90 Å². The van der Waals surface area contributed by atoms with Crippen LogP contribution in [0.1, 0.15) is 73.0 Å². The van der Waals surface area contributed by atoms with Gasteiger partial charge in [0, 0.05) is 36.7 Å². The van der Waals surface area contributed by atoms with Crippen molar-refractivity contribution >= 4 is 11.7 Å². The molecule has 1 aliphatic heterocycles. The second-order valence-corrected chi connectivity index (χ2v) is 8.89. The number of methoxy groups -OCH3 is 1. The highest BCUT2D eigenvalue weighted by Crippen LogP contribution is 2.43. The van der Waals surface area contributed by atoms with Gasteiger partial charge < -0.3 is 9.64 Å². The van der Waals surface area contributed by atoms with E-state index in [-0.39, 0.29) is 30.8 Å². The van der Waals surface area contributed by atoms with Crippen LogP contribution < -0.4 is 0 Å². The standard InChI is InChI=1S/C22H29F3N4O2/c1-13-14(2)26-19-11-18(15-6-8-17(9-7-15)22(23,24)25)27-29(19)20(13)16-5-4-10-28(12-16)21(30)31-3/h11,15-17H,4-10,12H2,1-3H3/t15-,16-,17-/m1/s1. The fourth-order valence-electron chi connectivity index (χ4n) is 5.14. The maximum absolute atomic E-state index is 13.0. The van der Waals surface area contributed by atoms with E-state index in [9.17, 15) is 18.0 Å². The number of hydrogen-bond acceptors (Lipinski definition) is 4. The largest absolute Gasteiger partial charge is 0.453 e. The molecule has 6 nitrogen and oxygen atoms in total. The molecule has 9 heteroatoms. The summed E-state index contributed by atoms with van der Waals surface area (Å²) in [5, 5.41) is 4.83. The van der Waals surface area contributed by atoms with Crippen LogP contribution in [0.15, 0.2) is 6.07 Å². The van der Waals surface area contributed by atoms with Crippen LogP contribution in [0.5, 0.6) is 0 Å². The van der Waals surface area contributed by atoms with E-state index >= 15 is 0 Å². The minimum atomic E-state index is -4.11. The quantitative estimate of drug-likeness (QED) is 0.652. The van der Waals surface area contributed by atoms with E-state index in [4.69, 9.17) is 9.84 Å². The Morgan fingerprint density at radius 2 is 1.84 bits per heavy atom. The average molecular weight is 438 g/mol. The van der Waals surface area contributed by atoms with Crippen LogP contribution in [0.4, 0.5) is 18.0 Å². The molecule has 2 aromatic heterocycles. The Balaban J connectivity index is 1.64. The molecule has 1 saturated heterocycles. The number of alkyl halides is 3. The van der Waals surface area contributed by atoms with Crippen molar-refractivity contribution in [2.75, 3.05) is 20.2 Å². The van der Waals surface area contributed by atoms with Crippen molar-refractivity contribution in [3.8, 4) is 0 Å². The summed E-state index contributed by atoms with van der Waals surface area (Å²) in [7, 11) is 1.39. The molecule has 0 N–H and O–H groups in total. The topological polar surface area (TPSA) is 59.7 Å². The highest BCUT2D eigenvalue weighted by Gasteiger charge is 2.42. The fraction of sp³-hybridized carbons (Fsp3) is 0.682. The minimum absolute atomic E-state index is 0.0201. The Morgan fingerprint density at radius 1 is 1.13 bits per heavy atom. The lowest BCUT2D eigenvalue weighted by molar-refractivity contribution is -0.182. The lowest BCUT2D eigenvalue weighted by atomic mass is 9.80. The molecule has 1 saturated carbocycles. The van der Waals surface area contributed by atoms with E-state index in [1.807, 2.05) is 24.4 Å². The Hall–Kier alpha value is -2.32. The molecule has 4 rings (SSSR count). The van der Waals surface area contributed by atoms with Crippen LogP contribution in [0, 0.1) is 19.8 Å². The molecule has 0 unspecified atom stereocenters. The predicted octanol–water partition coefficient (Wildman–Crippen LogP) is 5.13. The van der Waals surface area contributed by atoms with Gasteiger partial charge in [0.05, 0.1) is 24.4 Å². The molecule has 3 heterocycles. The number of likely N-dealkylation sites (tertiary alicyclic amines) is 1. The molecule has 1 amide bonds. The predicted molar refractivity (Wildman–Crippen MR) is 109 cm³/mol. The number of aromatic nitrogens is 3. The lowest BCUT2D eigenvalue weighted by Crippen LogP contribution is -2.39. The number of carbonyl (C=O) groups is 1. The number of hydrogen-bond donors (Lipinski definition) is 0. The first kappa shape index (κ1) is 21.9. The van der Waals surface area contributed by atoms with Crippen molar-refractivity contribution < 1.29 is 22.7 Å². The molecule has 0 radical (unpaired) electrons. The van der Waals surface area contributed by atoms with Crippen molar-refractivity contribution in [1.29, 1.82) is 0 Å². The van der Waals surface area contributed by atoms with Crippen LogP contribution in [-0.2, 0) is 4.74 Å². The van der Waals surface area contributed by atoms with Gasteiger partial charge in [0.2, 0.25) is 0 Å². The summed E-state index contributed by atoms with van der Waals surface area (Å²) >= 11 is 0. The number of piperidine rings is 1. The first-order chi connectivity index (χ1) is 14.7. The van der Waals surface area contributed by atoms with Gasteiger partial charge in [0.25, 0.3) is 0 Å². The Bertz CT molecular complexity index is 964. The molecule has 2 aliphatic rings. The van der Waals surface area contributed by atoms with Gasteiger partial charge in [-0.25, -0.2) is 14.3 Å². The molecule has 1 aliphatic carbocycles. The summed E-state index contributed by atoms with van der Waals surface area (Å²) in [6, 6.07) is 1.93. The molecule has 0 spiro atoms. The van der Waals surface area contributed by atoms with Gasteiger partial charge in [0.15, 0.2) is 5.65 Å². The Kier molecular flexibility index (Phi) is 5.87. The van der Waals surface area contributed by atoms with Crippen molar-refractivity contribution in [2.24, 2.45) is 5.92 Å². The lowest BCUT2D eigenvalue weighted by Gasteiger charge is -2.32. The number of amides is 1. The SMILES string of the molecule is COC(=O)N1CCC[C@@H](c2c(C)c(C)nc3cc([C@H]4CC[C@H](C(F)(F)F)CC4)nn23)C1. The van der Waals surface area contributed by atoms with Crippen molar-refractivity contribution in [3.05, 3.63) is 28.7 Å². The number of fused-ring (bicyclic) bond motifs is 1. The van der Waals surface area contributed by atoms with Gasteiger partial charge >= 0.3 is 12.3 Å². The maximum Gasteiger partial charge on any atom is 0.409 e. The van der Waals surface area contributed by atoms with Gasteiger partial charge in [-0.2, -0.15) is 18.3 Å². The second kappa shape index (κ2) is 8.31. The zero-order valence-electron chi connectivity index (χ0n) is 18.2. The van der Waals surface area contributed by atoms with Crippen LogP contribution in [-0.4, -0.2) is 52.0 Å². The van der Waals surface area contributed by atoms with Gasteiger partial charge in [-0.3, -0.25) is 0 Å². The summed E-state index contributed by atoms with van der Waals surface area (Å²) in [5.74, 6) is -1.08. The Morgan fingerprint density at radius 3 is 2.48 bits per heavy atom. The molecular formula is C22H29F3N4O2. The molecule has 31 heavy (non-hydrogen) atoms. The van der Waals surface area contributed by atoms with Crippen LogP contribution in [0.2, 0.25) is 0 Å². The number of rotatable bonds is 2. The Labute approximate surface area is 179 Å². The summed E-state index contributed by atoms with van der Waals surface area (Å²) in [4.78, 5) is 18.5. The molecule has 0 aromatic carbocycles. The summed E-state index contributed by atoms with van der Waals surface area (Å²) in [6.45, 7) is 5.20. The van der Waals surface area contributed by atoms with E-state index in [1.165, 1.54) is 7.11 Å². The summed E-state index contributed by atoms with van der Waals surface area (Å²) in [6.07, 6.45) is -1.36. The van der Waals surface area contributed by atoms with Crippen molar-refractivity contribution in [2.45, 2.75) is 70.4 Å². The minimum Gasteiger partial charge on any atom is -0.453 e. The molecule has 1 atom stereocenters. The number of carbonyl (C=O) groups excluding carboxylic acids is 1. The summed E-state index contributed by atoms with van der Waals surface area (Å²) < 4.78 is 45.9. The molecule has 2 aromatic rings. The first-order valence-electron chi connectivity index (χ1n) is 11.0. The highest BCUT2D eigenvalue weighted by molar-refractivity contribution is 5.67. The first-order valence-corrected chi connectivity index (χ1v) is 11.0. The third-order valence-electron chi connectivity index (χ3n) is 7.00. The van der Waals surface area contributed by atoms with E-state index in [0.29, 0.717) is 25.9 Å². The maximum atomic E-state index is 13.0. The number of ether oxygens (including phenoxy) is 1. The molecular weight excluding hydrogens is 409 g/mol. The van der Waals surface area contributed by atoms with Gasteiger partial charge in [-0.05, 0) is 57.9 Å². The van der Waals surface area contributed by atoms with E-state index in [0.717, 1.165) is 41.1 Å². The smallest absolute Gasteiger partial charge is 0.409 e. The van der Waals surface area contributed by atoms with Gasteiger partial charge in [-0.15, -0.1) is 0 Å². The van der Waals surface area contributed by atoms with Gasteiger partial charge in [-0.1, -0.05) is 0 Å². The number of nitrogens with zero attached hydrogens (tertiary/aromatic N) is 4. The third kappa shape index (κ3) is 4.23. The molecule has 2 fully saturated rings. The monoisotopic (exact) mass is 438 g/mol. The van der Waals surface area contributed by atoms with Gasteiger partial charge in [0.1, 0.15) is 0 Å². The van der Waals surface area contributed by atoms with E-state index in [2.05, 4.69) is 4.98 Å². The van der Waals surface area contributed by atoms with Crippen LogP contribution >= 0.6 is 0 Å². The third-order valence-corrected chi connectivity index (χ3v) is 7.00. The second-order valence-electron chi connectivity index (χ2n) is 8.89. The van der Waals surface area contributed by atoms with Crippen LogP contribution in [0.25, 0.3) is 5.65 Å². The highest BCUT2D eigenvalue weighted by atomic mass is 19.4. The van der Waals surface area contributed by atoms with E-state index < -0.39 is 12.1 Å².